The number of aliphatic carboxylic acids is 1. The summed E-state index contributed by atoms with van der Waals surface area (Å²) in [5.74, 6) is 0.0661. The van der Waals surface area contributed by atoms with Crippen molar-refractivity contribution in [1.29, 1.82) is 0 Å². The maximum absolute atomic E-state index is 13.6. The third-order valence-corrected chi connectivity index (χ3v) is 7.01. The Balaban J connectivity index is 1.81. The van der Waals surface area contributed by atoms with Crippen LogP contribution in [0.2, 0.25) is 0 Å². The van der Waals surface area contributed by atoms with Gasteiger partial charge in [-0.15, -0.1) is 0 Å². The number of benzene rings is 2. The molecule has 9 heteroatoms. The first-order valence-electron chi connectivity index (χ1n) is 10.1. The lowest BCUT2D eigenvalue weighted by molar-refractivity contribution is -0.136. The molecule has 0 aliphatic carbocycles. The second kappa shape index (κ2) is 8.95. The number of aryl methyl sites for hydroxylation is 1. The van der Waals surface area contributed by atoms with E-state index in [2.05, 4.69) is 4.98 Å². The van der Waals surface area contributed by atoms with Crippen LogP contribution in [0.1, 0.15) is 12.0 Å². The summed E-state index contributed by atoms with van der Waals surface area (Å²) in [4.78, 5) is 15.4. The van der Waals surface area contributed by atoms with Crippen molar-refractivity contribution in [2.75, 3.05) is 14.2 Å². The van der Waals surface area contributed by atoms with Crippen molar-refractivity contribution < 1.29 is 27.8 Å². The third-order valence-electron chi connectivity index (χ3n) is 5.34. The maximum Gasteiger partial charge on any atom is 0.303 e. The average Bonchev–Trinajstić information content (AvgIpc) is 3.21. The molecule has 0 atom stereocenters. The zero-order valence-electron chi connectivity index (χ0n) is 18.1. The normalized spacial score (nSPS) is 11.5. The first-order chi connectivity index (χ1) is 15.8. The van der Waals surface area contributed by atoms with Crippen molar-refractivity contribution in [1.82, 2.24) is 8.96 Å². The average molecular weight is 467 g/mol. The number of aromatic nitrogens is 2. The predicted octanol–water partition coefficient (Wildman–Crippen LogP) is 3.97. The highest BCUT2D eigenvalue weighted by Crippen LogP contribution is 2.31. The van der Waals surface area contributed by atoms with Crippen LogP contribution in [-0.2, 0) is 21.2 Å². The summed E-state index contributed by atoms with van der Waals surface area (Å²) >= 11 is 0. The first-order valence-corrected chi connectivity index (χ1v) is 11.5. The number of fused-ring (bicyclic) bond motifs is 1. The molecule has 2 heterocycles. The van der Waals surface area contributed by atoms with Gasteiger partial charge in [-0.25, -0.2) is 17.4 Å². The van der Waals surface area contributed by atoms with Crippen molar-refractivity contribution in [3.05, 3.63) is 72.6 Å². The molecule has 0 unspecified atom stereocenters. The zero-order valence-corrected chi connectivity index (χ0v) is 18.9. The topological polar surface area (TPSA) is 108 Å². The number of carboxylic acids is 1. The van der Waals surface area contributed by atoms with Crippen molar-refractivity contribution in [2.45, 2.75) is 17.7 Å². The molecule has 170 valence electrons. The summed E-state index contributed by atoms with van der Waals surface area (Å²) in [6.07, 6.45) is 3.19. The van der Waals surface area contributed by atoms with Gasteiger partial charge in [0.1, 0.15) is 5.75 Å². The van der Waals surface area contributed by atoms with Gasteiger partial charge in [0.15, 0.2) is 0 Å². The van der Waals surface area contributed by atoms with Gasteiger partial charge in [0, 0.05) is 35.8 Å². The second-order valence-corrected chi connectivity index (χ2v) is 9.16. The SMILES string of the molecule is COc1ccc2c(c1)c(CCC(=O)O)cn2S(=O)(=O)c1cccc(-c2ccc(OC)nc2)c1. The molecular weight excluding hydrogens is 444 g/mol. The van der Waals surface area contributed by atoms with Gasteiger partial charge in [-0.05, 0) is 53.9 Å². The van der Waals surface area contributed by atoms with E-state index in [4.69, 9.17) is 14.6 Å². The van der Waals surface area contributed by atoms with Gasteiger partial charge >= 0.3 is 5.97 Å². The first kappa shape index (κ1) is 22.3. The second-order valence-electron chi connectivity index (χ2n) is 7.35. The molecule has 1 N–H and O–H groups in total. The molecule has 2 aromatic carbocycles. The Morgan fingerprint density at radius 1 is 1.03 bits per heavy atom. The van der Waals surface area contributed by atoms with Crippen molar-refractivity contribution in [3.63, 3.8) is 0 Å². The van der Waals surface area contributed by atoms with E-state index in [1.165, 1.54) is 30.5 Å². The standard InChI is InChI=1S/C24H22N2O6S/c1-31-19-8-9-22-21(13-19)18(7-11-24(27)28)15-26(22)33(29,30)20-5-3-4-16(12-20)17-6-10-23(32-2)25-14-17/h3-6,8-10,12-15H,7,11H2,1-2H3,(H,27,28). The summed E-state index contributed by atoms with van der Waals surface area (Å²) < 4.78 is 38.8. The molecule has 0 fully saturated rings. The number of ether oxygens (including phenoxy) is 2. The Hall–Kier alpha value is -3.85. The molecule has 0 amide bonds. The minimum Gasteiger partial charge on any atom is -0.497 e. The fourth-order valence-corrected chi connectivity index (χ4v) is 5.07. The number of hydrogen-bond acceptors (Lipinski definition) is 6. The third kappa shape index (κ3) is 4.40. The Morgan fingerprint density at radius 2 is 1.85 bits per heavy atom. The van der Waals surface area contributed by atoms with E-state index in [1.807, 2.05) is 0 Å². The highest BCUT2D eigenvalue weighted by Gasteiger charge is 2.22. The Bertz CT molecular complexity index is 1430. The highest BCUT2D eigenvalue weighted by atomic mass is 32.2. The van der Waals surface area contributed by atoms with E-state index in [9.17, 15) is 13.2 Å². The van der Waals surface area contributed by atoms with Gasteiger partial charge in [-0.2, -0.15) is 0 Å². The number of carboxylic acid groups (broad SMARTS) is 1. The van der Waals surface area contributed by atoms with Crippen LogP contribution in [0, 0.1) is 0 Å². The number of methoxy groups -OCH3 is 2. The largest absolute Gasteiger partial charge is 0.497 e. The Labute approximate surface area is 191 Å². The molecule has 0 aliphatic rings. The van der Waals surface area contributed by atoms with E-state index in [-0.39, 0.29) is 17.7 Å². The lowest BCUT2D eigenvalue weighted by Crippen LogP contribution is -2.12. The van der Waals surface area contributed by atoms with Crippen molar-refractivity contribution in [2.24, 2.45) is 0 Å². The van der Waals surface area contributed by atoms with Gasteiger partial charge in [0.25, 0.3) is 10.0 Å². The molecule has 0 saturated heterocycles. The fraction of sp³-hybridized carbons (Fsp3) is 0.167. The van der Waals surface area contributed by atoms with Crippen LogP contribution in [-0.4, -0.2) is 42.7 Å². The van der Waals surface area contributed by atoms with Crippen LogP contribution in [0.3, 0.4) is 0 Å². The van der Waals surface area contributed by atoms with E-state index in [0.717, 1.165) is 5.56 Å². The van der Waals surface area contributed by atoms with Crippen LogP contribution in [0.15, 0.2) is 71.9 Å². The van der Waals surface area contributed by atoms with Crippen LogP contribution >= 0.6 is 0 Å². The molecule has 8 nitrogen and oxygen atoms in total. The summed E-state index contributed by atoms with van der Waals surface area (Å²) in [5, 5.41) is 9.74. The number of rotatable bonds is 8. The van der Waals surface area contributed by atoms with Crippen LogP contribution in [0.25, 0.3) is 22.0 Å². The smallest absolute Gasteiger partial charge is 0.303 e. The molecule has 0 bridgehead atoms. The van der Waals surface area contributed by atoms with Crippen LogP contribution in [0.4, 0.5) is 0 Å². The monoisotopic (exact) mass is 466 g/mol. The summed E-state index contributed by atoms with van der Waals surface area (Å²) in [7, 11) is -0.919. The lowest BCUT2D eigenvalue weighted by Gasteiger charge is -2.10. The zero-order chi connectivity index (χ0) is 23.6. The van der Waals surface area contributed by atoms with Gasteiger partial charge in [0.2, 0.25) is 5.88 Å². The van der Waals surface area contributed by atoms with Crippen LogP contribution in [0.5, 0.6) is 11.6 Å². The predicted molar refractivity (Wildman–Crippen MR) is 123 cm³/mol. The molecular formula is C24H22N2O6S. The summed E-state index contributed by atoms with van der Waals surface area (Å²) in [5.41, 5.74) is 2.51. The molecule has 2 aromatic heterocycles. The Morgan fingerprint density at radius 3 is 2.52 bits per heavy atom. The van der Waals surface area contributed by atoms with Gasteiger partial charge < -0.3 is 14.6 Å². The molecule has 4 aromatic rings. The van der Waals surface area contributed by atoms with E-state index in [0.29, 0.717) is 33.7 Å². The summed E-state index contributed by atoms with van der Waals surface area (Å²) in [6, 6.07) is 15.2. The molecule has 0 aliphatic heterocycles. The van der Waals surface area contributed by atoms with Gasteiger partial charge in [-0.1, -0.05) is 12.1 Å². The molecule has 0 radical (unpaired) electrons. The van der Waals surface area contributed by atoms with Crippen molar-refractivity contribution >= 4 is 26.9 Å². The quantitative estimate of drug-likeness (QED) is 0.419. The van der Waals surface area contributed by atoms with Crippen LogP contribution < -0.4 is 9.47 Å². The lowest BCUT2D eigenvalue weighted by atomic mass is 10.1. The number of hydrogen-bond donors (Lipinski definition) is 1. The van der Waals surface area contributed by atoms with Crippen molar-refractivity contribution in [3.8, 4) is 22.8 Å². The highest BCUT2D eigenvalue weighted by molar-refractivity contribution is 7.90. The van der Waals surface area contributed by atoms with E-state index >= 15 is 0 Å². The van der Waals surface area contributed by atoms with Gasteiger partial charge in [0.05, 0.1) is 24.6 Å². The molecule has 0 saturated carbocycles. The minimum absolute atomic E-state index is 0.105. The Kier molecular flexibility index (Phi) is 6.06. The van der Waals surface area contributed by atoms with Gasteiger partial charge in [-0.3, -0.25) is 4.79 Å². The van der Waals surface area contributed by atoms with E-state index in [1.54, 1.807) is 54.7 Å². The maximum atomic E-state index is 13.6. The van der Waals surface area contributed by atoms with E-state index < -0.39 is 16.0 Å². The minimum atomic E-state index is -3.96. The number of carbonyl (C=O) groups is 1. The summed E-state index contributed by atoms with van der Waals surface area (Å²) in [6.45, 7) is 0. The molecule has 33 heavy (non-hydrogen) atoms. The number of pyridine rings is 1. The number of nitrogens with zero attached hydrogens (tertiary/aromatic N) is 2. The molecule has 0 spiro atoms. The molecule has 4 rings (SSSR count). The fourth-order valence-electron chi connectivity index (χ4n) is 3.63.